The van der Waals surface area contributed by atoms with Crippen molar-refractivity contribution in [3.8, 4) is 0 Å². The summed E-state index contributed by atoms with van der Waals surface area (Å²) >= 11 is 6.06. The first-order valence-corrected chi connectivity index (χ1v) is 36.2. The van der Waals surface area contributed by atoms with E-state index in [9.17, 15) is 78.7 Å². The van der Waals surface area contributed by atoms with Gasteiger partial charge in [-0.3, -0.25) is 53.3 Å². The number of hydrogen-bond acceptors (Lipinski definition) is 13. The lowest BCUT2D eigenvalue weighted by atomic mass is 10.0. The fourth-order valence-corrected chi connectivity index (χ4v) is 9.80. The van der Waals surface area contributed by atoms with Crippen molar-refractivity contribution in [1.29, 1.82) is 0 Å². The number of halogens is 8. The highest BCUT2D eigenvalue weighted by Crippen LogP contribution is 2.22. The number of H-pyrrole nitrogens is 1. The third kappa shape index (κ3) is 37.3. The van der Waals surface area contributed by atoms with Crippen molar-refractivity contribution < 1.29 is 78.7 Å². The fourth-order valence-electron chi connectivity index (χ4n) is 9.46. The van der Waals surface area contributed by atoms with Crippen molar-refractivity contribution >= 4 is 76.4 Å². The molecule has 0 fully saturated rings. The summed E-state index contributed by atoms with van der Waals surface area (Å²) in [6.45, 7) is 17.6. The number of amides is 8. The minimum atomic E-state index is -1.09. The molecule has 8 aromatic carbocycles. The summed E-state index contributed by atoms with van der Waals surface area (Å²) < 4.78 is 92.0. The third-order valence-corrected chi connectivity index (χ3v) is 16.0. The van der Waals surface area contributed by atoms with Crippen molar-refractivity contribution in [2.75, 3.05) is 67.2 Å². The van der Waals surface area contributed by atoms with Crippen LogP contribution in [0.2, 0.25) is 5.02 Å². The summed E-state index contributed by atoms with van der Waals surface area (Å²) in [5.41, 5.74) is 21.8. The van der Waals surface area contributed by atoms with Crippen LogP contribution in [0, 0.1) is 96.1 Å². The molecule has 0 saturated carbocycles. The topological polar surface area (TPSA) is 336 Å². The Bertz CT molecular complexity index is 4770. The van der Waals surface area contributed by atoms with Gasteiger partial charge in [0, 0.05) is 65.1 Å². The van der Waals surface area contributed by atoms with Gasteiger partial charge in [-0.2, -0.15) is 10.1 Å². The summed E-state index contributed by atoms with van der Waals surface area (Å²) in [5.74, 6) is -8.36. The maximum Gasteiger partial charge on any atom is 0.260 e. The van der Waals surface area contributed by atoms with E-state index in [2.05, 4.69) is 36.0 Å². The van der Waals surface area contributed by atoms with Crippen molar-refractivity contribution in [2.24, 2.45) is 17.2 Å². The number of aromatic nitrogens is 3. The molecule has 0 aliphatic carbocycles. The van der Waals surface area contributed by atoms with E-state index >= 15 is 0 Å². The molecule has 0 bridgehead atoms. The van der Waals surface area contributed by atoms with Gasteiger partial charge in [0.1, 0.15) is 52.6 Å². The molecule has 30 heteroatoms. The zero-order valence-electron chi connectivity index (χ0n) is 67.1. The SMILES string of the molecule is CCCNC(=O)c1ccc(C)cc1F.Cc1cc(F)c(C(N)=O)c(F)c1.Cc1ccc(C(=O)CCCC(=O)N(C)C)c(F)c1.Cc1ccc(C(=O)CCCCN(C)C)c(Cl)c1.Cc1ccc(C(=O)NCC(=O)N(C)C)c(F)c1.Cc1ccc(C(=O)Nc2ncn[nH]2)c(F)c1.Cc1ccc(F)c(C(N)=O)c1.Cc1cccc(C(N)=O)c1. The summed E-state index contributed by atoms with van der Waals surface area (Å²) in [4.78, 5) is 121. The Hall–Kier alpha value is -12.2. The van der Waals surface area contributed by atoms with Gasteiger partial charge in [-0.05, 0) is 232 Å². The van der Waals surface area contributed by atoms with E-state index in [1.165, 1.54) is 83.7 Å². The van der Waals surface area contributed by atoms with E-state index in [1.54, 1.807) is 105 Å². The van der Waals surface area contributed by atoms with Gasteiger partial charge >= 0.3 is 0 Å². The molecule has 616 valence electrons. The largest absolute Gasteiger partial charge is 0.366 e. The Balaban J connectivity index is 0.000000449. The lowest BCUT2D eigenvalue weighted by Gasteiger charge is -2.11. The highest BCUT2D eigenvalue weighted by molar-refractivity contribution is 6.34. The molecule has 22 nitrogen and oxygen atoms in total. The van der Waals surface area contributed by atoms with E-state index < -0.39 is 69.9 Å². The molecule has 0 unspecified atom stereocenters. The molecule has 8 amide bonds. The van der Waals surface area contributed by atoms with Crippen LogP contribution in [0.4, 0.5) is 36.7 Å². The number of aryl methyl sites for hydroxylation is 8. The second-order valence-corrected chi connectivity index (χ2v) is 27.1. The quantitative estimate of drug-likeness (QED) is 0.0189. The summed E-state index contributed by atoms with van der Waals surface area (Å²) in [7, 11) is 10.6. The molecule has 1 aromatic heterocycles. The standard InChI is InChI=1S/C14H20ClNO.C14H18FNO2.C12H15FN2O2.C11H14FNO.C10H9FN4O.C8H7F2NO.C8H8FNO.C8H9NO/c1-11-7-8-12(13(15)10-11)14(17)6-4-5-9-16(2)3;1-10-7-8-11(12(15)9-10)13(17)5-4-6-14(18)16(2)3;1-8-4-5-9(10(13)6-8)12(17)14-7-11(16)15(2)3;1-3-6-13-11(14)9-5-4-8(2)7-10(9)12;1-6-2-3-7(8(11)4-6)9(16)14-10-12-5-13-15-10;1-4-2-5(9)7(8(11)12)6(10)3-4;1-5-2-3-7(9)6(4-5)8(10)11;1-6-3-2-4-7(5-6)8(9)10/h7-8,10H,4-6,9H2,1-3H3;7-9H,4-6H2,1-3H3;4-6H,7H2,1-3H3,(H,14,17);4-5,7H,3,6H2,1-2H3,(H,13,14);2-5H,1H3,(H2,12,13,14,15,16);2-3H,1H3,(H2,11,12);2-4H,1H3,(H2,10,11);2-5H,1H3,(H2,9,10). The first kappa shape index (κ1) is 98.8. The molecule has 0 aliphatic heterocycles. The summed E-state index contributed by atoms with van der Waals surface area (Å²) in [6.07, 6.45) is 5.59. The zero-order valence-corrected chi connectivity index (χ0v) is 67.8. The second kappa shape index (κ2) is 50.7. The number of carbonyl (C=O) groups excluding carboxylic acids is 10. The molecule has 0 aliphatic rings. The minimum Gasteiger partial charge on any atom is -0.366 e. The first-order chi connectivity index (χ1) is 54.0. The van der Waals surface area contributed by atoms with Gasteiger partial charge in [0.15, 0.2) is 11.6 Å². The number of hydrogen-bond donors (Lipinski definition) is 7. The molecular formula is C85H100ClF7N12O10. The molecule has 10 N–H and O–H groups in total. The van der Waals surface area contributed by atoms with E-state index in [4.69, 9.17) is 28.8 Å². The fraction of sp³-hybridized carbons (Fsp3) is 0.294. The number of rotatable bonds is 22. The number of anilines is 1. The highest BCUT2D eigenvalue weighted by Gasteiger charge is 2.19. The van der Waals surface area contributed by atoms with Crippen LogP contribution < -0.4 is 33.2 Å². The van der Waals surface area contributed by atoms with Gasteiger partial charge in [0.2, 0.25) is 23.7 Å². The van der Waals surface area contributed by atoms with Gasteiger partial charge < -0.3 is 42.5 Å². The van der Waals surface area contributed by atoms with Crippen molar-refractivity contribution in [3.63, 3.8) is 0 Å². The van der Waals surface area contributed by atoms with Crippen LogP contribution in [0.1, 0.15) is 179 Å². The van der Waals surface area contributed by atoms with Crippen LogP contribution in [0.5, 0.6) is 0 Å². The smallest absolute Gasteiger partial charge is 0.260 e. The lowest BCUT2D eigenvalue weighted by Crippen LogP contribution is -2.36. The Kier molecular flexibility index (Phi) is 43.6. The molecule has 115 heavy (non-hydrogen) atoms. The van der Waals surface area contributed by atoms with Gasteiger partial charge in [-0.25, -0.2) is 35.8 Å². The maximum atomic E-state index is 13.5. The monoisotopic (exact) mass is 1620 g/mol. The summed E-state index contributed by atoms with van der Waals surface area (Å²) in [5, 5.41) is 14.0. The Morgan fingerprint density at radius 3 is 1.25 bits per heavy atom. The van der Waals surface area contributed by atoms with Crippen molar-refractivity contribution in [1.82, 2.24) is 40.5 Å². The molecule has 1 heterocycles. The number of nitrogens with zero attached hydrogens (tertiary/aromatic N) is 5. The van der Waals surface area contributed by atoms with Crippen LogP contribution in [0.3, 0.4) is 0 Å². The number of unbranched alkanes of at least 4 members (excludes halogenated alkanes) is 1. The third-order valence-electron chi connectivity index (χ3n) is 15.7. The number of Topliss-reactive ketones (excluding diaryl/α,β-unsaturated/α-hetero) is 2. The number of likely N-dealkylation sites (N-methyl/N-ethyl adjacent to an activating group) is 1. The molecule has 0 spiro atoms. The van der Waals surface area contributed by atoms with Gasteiger partial charge in [-0.15, -0.1) is 0 Å². The van der Waals surface area contributed by atoms with Crippen LogP contribution in [0.15, 0.2) is 152 Å². The highest BCUT2D eigenvalue weighted by atomic mass is 35.5. The molecule has 9 aromatic rings. The number of carbonyl (C=O) groups is 10. The molecule has 0 saturated heterocycles. The number of ketones is 2. The summed E-state index contributed by atoms with van der Waals surface area (Å²) in [6, 6.07) is 37.0. The number of primary amides is 3. The predicted molar refractivity (Wildman–Crippen MR) is 431 cm³/mol. The average molecular weight is 1620 g/mol. The number of nitrogens with one attached hydrogen (secondary N) is 4. The van der Waals surface area contributed by atoms with Crippen LogP contribution in [0.25, 0.3) is 0 Å². The van der Waals surface area contributed by atoms with E-state index in [-0.39, 0.29) is 81.9 Å². The van der Waals surface area contributed by atoms with Crippen molar-refractivity contribution in [3.05, 3.63) is 287 Å². The lowest BCUT2D eigenvalue weighted by molar-refractivity contribution is -0.129. The average Bonchev–Trinajstić information content (AvgIpc) is 1.79. The van der Waals surface area contributed by atoms with Gasteiger partial charge in [-0.1, -0.05) is 78.2 Å². The molecule has 9 rings (SSSR count). The molecule has 0 atom stereocenters. The number of nitrogens with two attached hydrogens (primary N) is 3. The van der Waals surface area contributed by atoms with E-state index in [0.717, 1.165) is 76.9 Å². The van der Waals surface area contributed by atoms with Crippen LogP contribution in [-0.4, -0.2) is 151 Å². The molecule has 0 radical (unpaired) electrons. The number of aromatic amines is 1. The van der Waals surface area contributed by atoms with Crippen LogP contribution in [-0.2, 0) is 9.59 Å². The normalized spacial score (nSPS) is 10.1. The maximum absolute atomic E-state index is 13.5. The van der Waals surface area contributed by atoms with Crippen LogP contribution >= 0.6 is 11.6 Å². The molecular weight excluding hydrogens is 1520 g/mol. The Morgan fingerprint density at radius 2 is 0.843 bits per heavy atom. The van der Waals surface area contributed by atoms with Crippen molar-refractivity contribution in [2.45, 2.75) is 107 Å². The minimum absolute atomic E-state index is 0.0211. The van der Waals surface area contributed by atoms with E-state index in [1.807, 2.05) is 65.2 Å². The first-order valence-electron chi connectivity index (χ1n) is 35.8. The van der Waals surface area contributed by atoms with Gasteiger partial charge in [0.25, 0.3) is 29.5 Å². The Labute approximate surface area is 670 Å². The zero-order chi connectivity index (χ0) is 86.9. The van der Waals surface area contributed by atoms with E-state index in [0.29, 0.717) is 47.5 Å². The second-order valence-electron chi connectivity index (χ2n) is 26.7. The predicted octanol–water partition coefficient (Wildman–Crippen LogP) is 14.6. The number of benzene rings is 8. The Morgan fingerprint density at radius 1 is 0.417 bits per heavy atom. The van der Waals surface area contributed by atoms with Gasteiger partial charge in [0.05, 0.1) is 39.4 Å².